The van der Waals surface area contributed by atoms with Crippen LogP contribution >= 0.6 is 0 Å². The second-order valence-corrected chi connectivity index (χ2v) is 6.79. The fraction of sp³-hybridized carbons (Fsp3) is 0.238. The molecule has 2 aromatic carbocycles. The molecule has 1 aliphatic heterocycles. The Morgan fingerprint density at radius 2 is 2.00 bits per heavy atom. The highest BCUT2D eigenvalue weighted by molar-refractivity contribution is 5.97. The molecule has 2 heterocycles. The third kappa shape index (κ3) is 3.35. The first-order valence-corrected chi connectivity index (χ1v) is 9.00. The molecule has 1 saturated heterocycles. The summed E-state index contributed by atoms with van der Waals surface area (Å²) in [5.41, 5.74) is 2.34. The number of nitrogens with two attached hydrogens (primary N) is 1. The van der Waals surface area contributed by atoms with E-state index < -0.39 is 0 Å². The zero-order chi connectivity index (χ0) is 18.8. The van der Waals surface area contributed by atoms with Gasteiger partial charge in [-0.1, -0.05) is 0 Å². The van der Waals surface area contributed by atoms with E-state index in [1.807, 2.05) is 18.2 Å². The Kier molecular flexibility index (Phi) is 4.71. The average molecular weight is 361 g/mol. The Hall–Kier alpha value is -3.01. The standard InChI is InChI=1S/C21H20FN5/c22-20-2-1-14(12-23)9-18(20)16-10-15-3-6-26-13-19(15)21(11-16)27(24)17-4-7-25-8-5-17/h1-3,6,9-11,13,17,25H,4-5,7-8,24H2. The summed E-state index contributed by atoms with van der Waals surface area (Å²) in [4.78, 5) is 4.24. The zero-order valence-electron chi connectivity index (χ0n) is 14.8. The summed E-state index contributed by atoms with van der Waals surface area (Å²) in [5.74, 6) is 6.15. The van der Waals surface area contributed by atoms with Gasteiger partial charge in [-0.3, -0.25) is 4.98 Å². The minimum absolute atomic E-state index is 0.209. The molecule has 6 heteroatoms. The van der Waals surface area contributed by atoms with E-state index in [0.717, 1.165) is 42.4 Å². The monoisotopic (exact) mass is 361 g/mol. The van der Waals surface area contributed by atoms with Crippen LogP contribution in [0.25, 0.3) is 21.9 Å². The number of halogens is 1. The number of nitrogens with one attached hydrogen (secondary N) is 1. The van der Waals surface area contributed by atoms with Crippen LogP contribution in [0.1, 0.15) is 18.4 Å². The Labute approximate surface area is 157 Å². The molecule has 0 amide bonds. The number of anilines is 1. The largest absolute Gasteiger partial charge is 0.317 e. The van der Waals surface area contributed by atoms with E-state index in [-0.39, 0.29) is 11.9 Å². The number of hydrogen-bond acceptors (Lipinski definition) is 5. The lowest BCUT2D eigenvalue weighted by molar-refractivity contribution is 0.434. The number of pyridine rings is 1. The Morgan fingerprint density at radius 1 is 1.19 bits per heavy atom. The van der Waals surface area contributed by atoms with Crippen molar-refractivity contribution in [3.8, 4) is 17.2 Å². The molecule has 0 radical (unpaired) electrons. The highest BCUT2D eigenvalue weighted by atomic mass is 19.1. The van der Waals surface area contributed by atoms with Crippen LogP contribution in [0.15, 0.2) is 48.8 Å². The van der Waals surface area contributed by atoms with E-state index in [1.165, 1.54) is 12.1 Å². The predicted octanol–water partition coefficient (Wildman–Crippen LogP) is 3.34. The molecule has 3 N–H and O–H groups in total. The van der Waals surface area contributed by atoms with Crippen LogP contribution in [0, 0.1) is 17.1 Å². The Morgan fingerprint density at radius 3 is 2.78 bits per heavy atom. The molecular weight excluding hydrogens is 341 g/mol. The molecule has 1 aromatic heterocycles. The van der Waals surface area contributed by atoms with E-state index in [4.69, 9.17) is 11.1 Å². The van der Waals surface area contributed by atoms with Crippen LogP contribution in [-0.2, 0) is 0 Å². The van der Waals surface area contributed by atoms with Crippen molar-refractivity contribution in [3.63, 3.8) is 0 Å². The smallest absolute Gasteiger partial charge is 0.131 e. The highest BCUT2D eigenvalue weighted by Gasteiger charge is 2.21. The number of fused-ring (bicyclic) bond motifs is 1. The van der Waals surface area contributed by atoms with Crippen LogP contribution in [0.5, 0.6) is 0 Å². The molecule has 0 unspecified atom stereocenters. The van der Waals surface area contributed by atoms with E-state index >= 15 is 0 Å². The number of hydrogen-bond donors (Lipinski definition) is 2. The number of rotatable bonds is 3. The van der Waals surface area contributed by atoms with Gasteiger partial charge in [-0.2, -0.15) is 5.26 Å². The molecule has 1 fully saturated rings. The molecule has 3 aromatic rings. The number of nitriles is 1. The summed E-state index contributed by atoms with van der Waals surface area (Å²) >= 11 is 0. The van der Waals surface area contributed by atoms with Gasteiger partial charge in [-0.15, -0.1) is 0 Å². The number of hydrazine groups is 1. The van der Waals surface area contributed by atoms with E-state index in [2.05, 4.69) is 16.4 Å². The summed E-state index contributed by atoms with van der Waals surface area (Å²) < 4.78 is 14.5. The van der Waals surface area contributed by atoms with Gasteiger partial charge in [-0.25, -0.2) is 10.2 Å². The van der Waals surface area contributed by atoms with Crippen LogP contribution in [0.4, 0.5) is 10.1 Å². The molecule has 1 aliphatic rings. The van der Waals surface area contributed by atoms with Crippen molar-refractivity contribution >= 4 is 16.5 Å². The average Bonchev–Trinajstić information content (AvgIpc) is 2.73. The number of nitrogens with zero attached hydrogens (tertiary/aromatic N) is 3. The van der Waals surface area contributed by atoms with Gasteiger partial charge in [-0.05, 0) is 73.3 Å². The maximum atomic E-state index is 14.5. The lowest BCUT2D eigenvalue weighted by Crippen LogP contribution is -2.47. The quantitative estimate of drug-likeness (QED) is 0.553. The molecule has 27 heavy (non-hydrogen) atoms. The van der Waals surface area contributed by atoms with Crippen molar-refractivity contribution in [2.75, 3.05) is 18.1 Å². The second-order valence-electron chi connectivity index (χ2n) is 6.79. The summed E-state index contributed by atoms with van der Waals surface area (Å²) in [6.45, 7) is 1.85. The first kappa shape index (κ1) is 17.4. The molecule has 5 nitrogen and oxygen atoms in total. The van der Waals surface area contributed by atoms with Crippen molar-refractivity contribution < 1.29 is 4.39 Å². The third-order valence-electron chi connectivity index (χ3n) is 5.12. The molecule has 0 saturated carbocycles. The maximum Gasteiger partial charge on any atom is 0.131 e. The van der Waals surface area contributed by atoms with Gasteiger partial charge < -0.3 is 10.3 Å². The summed E-state index contributed by atoms with van der Waals surface area (Å²) in [6, 6.07) is 12.4. The van der Waals surface area contributed by atoms with E-state index in [1.54, 1.807) is 23.5 Å². The van der Waals surface area contributed by atoms with Gasteiger partial charge >= 0.3 is 0 Å². The van der Waals surface area contributed by atoms with Crippen LogP contribution in [0.2, 0.25) is 0 Å². The molecule has 0 bridgehead atoms. The van der Waals surface area contributed by atoms with Crippen molar-refractivity contribution in [1.29, 1.82) is 5.26 Å². The third-order valence-corrected chi connectivity index (χ3v) is 5.12. The summed E-state index contributed by atoms with van der Waals surface area (Å²) in [6.07, 6.45) is 5.39. The zero-order valence-corrected chi connectivity index (χ0v) is 14.8. The molecule has 136 valence electrons. The van der Waals surface area contributed by atoms with Crippen molar-refractivity contribution in [1.82, 2.24) is 10.3 Å². The topological polar surface area (TPSA) is 78.0 Å². The SMILES string of the molecule is N#Cc1ccc(F)c(-c2cc(N(N)C3CCNCC3)c3cnccc3c2)c1. The first-order valence-electron chi connectivity index (χ1n) is 9.00. The molecular formula is C21H20FN5. The minimum Gasteiger partial charge on any atom is -0.317 e. The lowest BCUT2D eigenvalue weighted by atomic mass is 9.97. The normalized spacial score (nSPS) is 14.9. The predicted molar refractivity (Wildman–Crippen MR) is 104 cm³/mol. The fourth-order valence-electron chi connectivity index (χ4n) is 3.65. The van der Waals surface area contributed by atoms with Gasteiger partial charge in [0, 0.05) is 29.4 Å². The number of benzene rings is 2. The van der Waals surface area contributed by atoms with Crippen LogP contribution < -0.4 is 16.2 Å². The lowest BCUT2D eigenvalue weighted by Gasteiger charge is -2.33. The van der Waals surface area contributed by atoms with Crippen molar-refractivity contribution in [3.05, 3.63) is 60.2 Å². The summed E-state index contributed by atoms with van der Waals surface area (Å²) in [5, 5.41) is 16.2. The minimum atomic E-state index is -0.362. The van der Waals surface area contributed by atoms with Gasteiger partial charge in [0.15, 0.2) is 0 Å². The number of piperidine rings is 1. The molecule has 0 spiro atoms. The van der Waals surface area contributed by atoms with Crippen molar-refractivity contribution in [2.45, 2.75) is 18.9 Å². The summed E-state index contributed by atoms with van der Waals surface area (Å²) in [7, 11) is 0. The van der Waals surface area contributed by atoms with Crippen molar-refractivity contribution in [2.24, 2.45) is 5.84 Å². The maximum absolute atomic E-state index is 14.5. The second kappa shape index (κ2) is 7.31. The van der Waals surface area contributed by atoms with Gasteiger partial charge in [0.1, 0.15) is 5.82 Å². The van der Waals surface area contributed by atoms with Gasteiger partial charge in [0.25, 0.3) is 0 Å². The fourth-order valence-corrected chi connectivity index (χ4v) is 3.65. The van der Waals surface area contributed by atoms with E-state index in [9.17, 15) is 4.39 Å². The van der Waals surface area contributed by atoms with Gasteiger partial charge in [0.2, 0.25) is 0 Å². The molecule has 0 aliphatic carbocycles. The highest BCUT2D eigenvalue weighted by Crippen LogP contribution is 2.34. The molecule has 0 atom stereocenters. The van der Waals surface area contributed by atoms with Crippen LogP contribution in [0.3, 0.4) is 0 Å². The Bertz CT molecular complexity index is 1020. The Balaban J connectivity index is 1.87. The first-order chi connectivity index (χ1) is 13.2. The van der Waals surface area contributed by atoms with Gasteiger partial charge in [0.05, 0.1) is 17.3 Å². The van der Waals surface area contributed by atoms with E-state index in [0.29, 0.717) is 16.7 Å². The number of aromatic nitrogens is 1. The van der Waals surface area contributed by atoms with Crippen LogP contribution in [-0.4, -0.2) is 24.1 Å². The molecule has 4 rings (SSSR count).